The highest BCUT2D eigenvalue weighted by Crippen LogP contribution is 2.45. The molecule has 0 spiro atoms. The molecule has 3 aromatic heterocycles. The standard InChI is InChI=1S/C54H31N5O/c1-56-44-32-49(35(33-55)30-50(44)59-45-22-12-10-21-42(45)53-48(59)29-26-41-40-20-11-13-23-51(40)60-54(41)53)58-46-28-25-38(57(36-15-4-2-5-16-36)37-17-6-3-7-18-37)31-43(46)52-39-19-9-8-14-34(39)24-27-47(52)58/h2-32H. The summed E-state index contributed by atoms with van der Waals surface area (Å²) < 4.78 is 10.8. The van der Waals surface area contributed by atoms with Gasteiger partial charge in [-0.15, -0.1) is 0 Å². The monoisotopic (exact) mass is 765 g/mol. The van der Waals surface area contributed by atoms with Crippen LogP contribution in [0.1, 0.15) is 5.56 Å². The molecular weight excluding hydrogens is 735 g/mol. The van der Waals surface area contributed by atoms with Crippen LogP contribution >= 0.6 is 0 Å². The molecule has 12 rings (SSSR count). The fourth-order valence-electron chi connectivity index (χ4n) is 9.38. The van der Waals surface area contributed by atoms with E-state index in [1.54, 1.807) is 0 Å². The van der Waals surface area contributed by atoms with Gasteiger partial charge in [0.25, 0.3) is 0 Å². The molecular formula is C54H31N5O. The number of furan rings is 1. The van der Waals surface area contributed by atoms with Crippen molar-refractivity contribution in [1.29, 1.82) is 5.26 Å². The first-order chi connectivity index (χ1) is 29.7. The van der Waals surface area contributed by atoms with Crippen LogP contribution in [0.5, 0.6) is 0 Å². The molecule has 0 aliphatic carbocycles. The molecule has 12 aromatic rings. The van der Waals surface area contributed by atoms with Gasteiger partial charge >= 0.3 is 0 Å². The molecule has 0 atom stereocenters. The molecule has 0 radical (unpaired) electrons. The number of hydrogen-bond donors (Lipinski definition) is 0. The van der Waals surface area contributed by atoms with Crippen LogP contribution in [0.4, 0.5) is 22.7 Å². The summed E-state index contributed by atoms with van der Waals surface area (Å²) in [5.74, 6) is 0. The van der Waals surface area contributed by atoms with E-state index in [9.17, 15) is 5.26 Å². The van der Waals surface area contributed by atoms with Crippen molar-refractivity contribution in [3.8, 4) is 17.4 Å². The van der Waals surface area contributed by atoms with Crippen LogP contribution in [-0.4, -0.2) is 9.13 Å². The Kier molecular flexibility index (Phi) is 7.26. The molecule has 0 amide bonds. The van der Waals surface area contributed by atoms with Crippen LogP contribution < -0.4 is 4.90 Å². The smallest absolute Gasteiger partial charge is 0.212 e. The third-order valence-electron chi connectivity index (χ3n) is 11.9. The first-order valence-corrected chi connectivity index (χ1v) is 19.9. The summed E-state index contributed by atoms with van der Waals surface area (Å²) in [6.07, 6.45) is 0. The van der Waals surface area contributed by atoms with Crippen LogP contribution in [-0.2, 0) is 0 Å². The lowest BCUT2D eigenvalue weighted by Gasteiger charge is -2.25. The second kappa shape index (κ2) is 13.0. The predicted molar refractivity (Wildman–Crippen MR) is 246 cm³/mol. The maximum absolute atomic E-state index is 11.1. The number of para-hydroxylation sites is 4. The van der Waals surface area contributed by atoms with E-state index in [1.165, 1.54) is 0 Å². The number of fused-ring (bicyclic) bond motifs is 12. The van der Waals surface area contributed by atoms with Crippen molar-refractivity contribution >= 4 is 99.1 Å². The van der Waals surface area contributed by atoms with Gasteiger partial charge in [0.2, 0.25) is 5.69 Å². The van der Waals surface area contributed by atoms with Gasteiger partial charge in [-0.25, -0.2) is 4.85 Å². The van der Waals surface area contributed by atoms with Gasteiger partial charge in [0, 0.05) is 44.0 Å². The van der Waals surface area contributed by atoms with E-state index in [-0.39, 0.29) is 0 Å². The molecule has 0 unspecified atom stereocenters. The molecule has 0 saturated carbocycles. The van der Waals surface area contributed by atoms with E-state index in [4.69, 9.17) is 11.0 Å². The van der Waals surface area contributed by atoms with Gasteiger partial charge in [-0.2, -0.15) is 5.26 Å². The molecule has 0 saturated heterocycles. The molecule has 278 valence electrons. The molecule has 60 heavy (non-hydrogen) atoms. The zero-order valence-corrected chi connectivity index (χ0v) is 32.0. The number of hydrogen-bond acceptors (Lipinski definition) is 3. The van der Waals surface area contributed by atoms with Crippen LogP contribution in [0.2, 0.25) is 0 Å². The van der Waals surface area contributed by atoms with Gasteiger partial charge in [-0.1, -0.05) is 103 Å². The Labute approximate surface area is 344 Å². The van der Waals surface area contributed by atoms with Crippen molar-refractivity contribution in [3.63, 3.8) is 0 Å². The SMILES string of the molecule is [C-]#[N+]c1cc(-n2c3ccc(N(c4ccccc4)c4ccccc4)cc3c3c4ccccc4ccc32)c(C#N)cc1-n1c2ccccc2c2c3oc4ccccc4c3ccc21. The number of rotatable bonds is 5. The van der Waals surface area contributed by atoms with Crippen LogP contribution in [0.3, 0.4) is 0 Å². The summed E-state index contributed by atoms with van der Waals surface area (Å²) in [6.45, 7) is 8.63. The lowest BCUT2D eigenvalue weighted by Crippen LogP contribution is -2.09. The highest BCUT2D eigenvalue weighted by atomic mass is 16.3. The molecule has 0 aliphatic heterocycles. The molecule has 6 heteroatoms. The summed E-state index contributed by atoms with van der Waals surface area (Å²) >= 11 is 0. The van der Waals surface area contributed by atoms with Gasteiger partial charge < -0.3 is 18.5 Å². The number of benzene rings is 9. The Morgan fingerprint density at radius 1 is 0.483 bits per heavy atom. The van der Waals surface area contributed by atoms with E-state index in [2.05, 4.69) is 158 Å². The highest BCUT2D eigenvalue weighted by molar-refractivity contribution is 6.24. The number of nitrogens with zero attached hydrogens (tertiary/aromatic N) is 5. The Balaban J connectivity index is 1.13. The van der Waals surface area contributed by atoms with Crippen LogP contribution in [0.25, 0.3) is 92.5 Å². The molecule has 0 N–H and O–H groups in total. The summed E-state index contributed by atoms with van der Waals surface area (Å²) in [4.78, 5) is 6.44. The number of aromatic nitrogens is 2. The molecule has 3 heterocycles. The minimum atomic E-state index is 0.433. The van der Waals surface area contributed by atoms with Crippen molar-refractivity contribution in [2.45, 2.75) is 0 Å². The first-order valence-electron chi connectivity index (χ1n) is 19.9. The molecule has 6 nitrogen and oxygen atoms in total. The van der Waals surface area contributed by atoms with E-state index < -0.39 is 0 Å². The van der Waals surface area contributed by atoms with Gasteiger partial charge in [0.15, 0.2) is 0 Å². The summed E-state index contributed by atoms with van der Waals surface area (Å²) in [7, 11) is 0. The van der Waals surface area contributed by atoms with Crippen molar-refractivity contribution in [2.24, 2.45) is 0 Å². The third kappa shape index (κ3) is 4.80. The van der Waals surface area contributed by atoms with E-state index in [1.807, 2.05) is 54.6 Å². The maximum atomic E-state index is 11.1. The fraction of sp³-hybridized carbons (Fsp3) is 0. The molecule has 0 fully saturated rings. The average Bonchev–Trinajstić information content (AvgIpc) is 3.97. The van der Waals surface area contributed by atoms with Crippen LogP contribution in [0.15, 0.2) is 192 Å². The Bertz CT molecular complexity index is 3760. The highest BCUT2D eigenvalue weighted by Gasteiger charge is 2.24. The van der Waals surface area contributed by atoms with Gasteiger partial charge in [0.1, 0.15) is 17.2 Å². The normalized spacial score (nSPS) is 11.6. The fourth-order valence-corrected chi connectivity index (χ4v) is 9.38. The number of nitriles is 1. The van der Waals surface area contributed by atoms with Crippen molar-refractivity contribution < 1.29 is 4.42 Å². The summed E-state index contributed by atoms with van der Waals surface area (Å²) in [6, 6.07) is 66.9. The average molecular weight is 766 g/mol. The zero-order valence-electron chi connectivity index (χ0n) is 32.0. The lowest BCUT2D eigenvalue weighted by molar-refractivity contribution is 0.673. The van der Waals surface area contributed by atoms with Gasteiger partial charge in [-0.05, 0) is 95.7 Å². The minimum Gasteiger partial charge on any atom is -0.455 e. The van der Waals surface area contributed by atoms with Crippen LogP contribution in [0, 0.1) is 17.9 Å². The Hall–Kier alpha value is -8.58. The van der Waals surface area contributed by atoms with E-state index >= 15 is 0 Å². The molecule has 0 bridgehead atoms. The van der Waals surface area contributed by atoms with Crippen molar-refractivity contribution in [3.05, 3.63) is 205 Å². The zero-order chi connectivity index (χ0) is 39.9. The topological polar surface area (TPSA) is 54.4 Å². The minimum absolute atomic E-state index is 0.433. The van der Waals surface area contributed by atoms with E-state index in [0.717, 1.165) is 93.4 Å². The largest absolute Gasteiger partial charge is 0.455 e. The number of anilines is 3. The lowest BCUT2D eigenvalue weighted by atomic mass is 10.0. The summed E-state index contributed by atoms with van der Waals surface area (Å²) in [5, 5.41) is 19.5. The Morgan fingerprint density at radius 3 is 1.87 bits per heavy atom. The third-order valence-corrected chi connectivity index (χ3v) is 11.9. The Morgan fingerprint density at radius 2 is 1.10 bits per heavy atom. The second-order valence-corrected chi connectivity index (χ2v) is 15.1. The maximum Gasteiger partial charge on any atom is 0.212 e. The van der Waals surface area contributed by atoms with Crippen molar-refractivity contribution in [1.82, 2.24) is 9.13 Å². The second-order valence-electron chi connectivity index (χ2n) is 15.1. The van der Waals surface area contributed by atoms with Gasteiger partial charge in [-0.3, -0.25) is 0 Å². The quantitative estimate of drug-likeness (QED) is 0.164. The summed E-state index contributed by atoms with van der Waals surface area (Å²) in [5.41, 5.74) is 10.7. The molecule has 0 aliphatic rings. The van der Waals surface area contributed by atoms with Crippen molar-refractivity contribution in [2.75, 3.05) is 4.90 Å². The molecule has 9 aromatic carbocycles. The van der Waals surface area contributed by atoms with Gasteiger partial charge in [0.05, 0.1) is 51.0 Å². The van der Waals surface area contributed by atoms with E-state index in [0.29, 0.717) is 22.6 Å². The predicted octanol–water partition coefficient (Wildman–Crippen LogP) is 14.8. The first kappa shape index (κ1) is 33.5.